The van der Waals surface area contributed by atoms with E-state index >= 15 is 0 Å². The zero-order valence-electron chi connectivity index (χ0n) is 22.9. The number of halogens is 1. The summed E-state index contributed by atoms with van der Waals surface area (Å²) in [6.07, 6.45) is -0.0209. The molecule has 11 heteroatoms. The van der Waals surface area contributed by atoms with E-state index in [1.54, 1.807) is 24.3 Å². The van der Waals surface area contributed by atoms with Crippen molar-refractivity contribution in [3.8, 4) is 0 Å². The van der Waals surface area contributed by atoms with E-state index in [1.165, 1.54) is 11.0 Å². The number of nitrogens with zero attached hydrogens (tertiary/aromatic N) is 3. The molecule has 4 rings (SSSR count). The van der Waals surface area contributed by atoms with Crippen molar-refractivity contribution in [3.05, 3.63) is 81.8 Å². The number of nitrogens with one attached hydrogen (secondary N) is 1. The molecule has 0 radical (unpaired) electrons. The molecule has 1 aliphatic heterocycles. The predicted molar refractivity (Wildman–Crippen MR) is 150 cm³/mol. The Bertz CT molecular complexity index is 1440. The van der Waals surface area contributed by atoms with E-state index < -0.39 is 29.7 Å². The van der Waals surface area contributed by atoms with Crippen molar-refractivity contribution in [2.75, 3.05) is 16.8 Å². The zero-order valence-corrected chi connectivity index (χ0v) is 23.7. The fourth-order valence-corrected chi connectivity index (χ4v) is 4.47. The minimum absolute atomic E-state index is 0.0737. The molecule has 10 nitrogen and oxygen atoms in total. The minimum atomic E-state index is -1.21. The fourth-order valence-electron chi connectivity index (χ4n) is 4.32. The number of esters is 1. The zero-order chi connectivity index (χ0) is 29.2. The number of hydrogen-bond donors (Lipinski definition) is 2. The second-order valence-corrected chi connectivity index (χ2v) is 11.0. The van der Waals surface area contributed by atoms with Crippen molar-refractivity contribution in [2.45, 2.75) is 58.7 Å². The number of carbonyl (C=O) groups excluding carboxylic acids is 2. The van der Waals surface area contributed by atoms with Crippen molar-refractivity contribution >= 4 is 41.1 Å². The van der Waals surface area contributed by atoms with Crippen LogP contribution in [0.1, 0.15) is 71.4 Å². The number of carbonyl (C=O) groups is 3. The van der Waals surface area contributed by atoms with Gasteiger partial charge in [-0.05, 0) is 88.6 Å². The Labute approximate surface area is 237 Å². The van der Waals surface area contributed by atoms with Gasteiger partial charge in [-0.3, -0.25) is 4.90 Å². The summed E-state index contributed by atoms with van der Waals surface area (Å²) in [7, 11) is 0. The lowest BCUT2D eigenvalue weighted by Gasteiger charge is -2.23. The molecular formula is C29H31ClN4O6. The molecule has 1 saturated heterocycles. The first-order valence-corrected chi connectivity index (χ1v) is 13.1. The Morgan fingerprint density at radius 1 is 1.18 bits per heavy atom. The maximum atomic E-state index is 12.8. The molecule has 3 aromatic rings. The molecule has 0 aliphatic carbocycles. The quantitative estimate of drug-likeness (QED) is 0.255. The second-order valence-electron chi connectivity index (χ2n) is 10.6. The average Bonchev–Trinajstić information content (AvgIpc) is 3.23. The number of carboxylic acids is 1. The summed E-state index contributed by atoms with van der Waals surface area (Å²) in [4.78, 5) is 46.9. The number of aromatic nitrogens is 2. The van der Waals surface area contributed by atoms with Crippen LogP contribution < -0.4 is 10.2 Å². The van der Waals surface area contributed by atoms with Crippen LogP contribution >= 0.6 is 11.6 Å². The number of ether oxygens (including phenoxy) is 2. The van der Waals surface area contributed by atoms with Gasteiger partial charge in [0.25, 0.3) is 0 Å². The fraction of sp³-hybridized carbons (Fsp3) is 0.345. The highest BCUT2D eigenvalue weighted by Crippen LogP contribution is 2.29. The number of aryl methyl sites for hydroxylation is 1. The molecule has 40 heavy (non-hydrogen) atoms. The van der Waals surface area contributed by atoms with Gasteiger partial charge < -0.3 is 19.9 Å². The number of cyclic esters (lactones) is 1. The molecule has 1 amide bonds. The summed E-state index contributed by atoms with van der Waals surface area (Å²) in [6.45, 7) is 9.35. The topological polar surface area (TPSA) is 131 Å². The van der Waals surface area contributed by atoms with Gasteiger partial charge >= 0.3 is 18.0 Å². The third-order valence-electron chi connectivity index (χ3n) is 6.12. The van der Waals surface area contributed by atoms with E-state index in [-0.39, 0.29) is 23.5 Å². The van der Waals surface area contributed by atoms with Crippen LogP contribution in [-0.2, 0) is 15.9 Å². The third-order valence-corrected chi connectivity index (χ3v) is 6.33. The van der Waals surface area contributed by atoms with Gasteiger partial charge in [0, 0.05) is 0 Å². The molecule has 3 heterocycles. The number of amides is 1. The van der Waals surface area contributed by atoms with Crippen LogP contribution in [-0.4, -0.2) is 51.4 Å². The summed E-state index contributed by atoms with van der Waals surface area (Å²) in [5, 5.41) is 12.7. The Morgan fingerprint density at radius 2 is 1.88 bits per heavy atom. The van der Waals surface area contributed by atoms with Crippen molar-refractivity contribution in [1.29, 1.82) is 0 Å². The second kappa shape index (κ2) is 11.5. The number of pyridine rings is 2. The third kappa shape index (κ3) is 6.87. The van der Waals surface area contributed by atoms with Crippen LogP contribution in [0.4, 0.5) is 16.3 Å². The van der Waals surface area contributed by atoms with Gasteiger partial charge in [-0.2, -0.15) is 0 Å². The molecule has 2 atom stereocenters. The van der Waals surface area contributed by atoms with Crippen molar-refractivity contribution in [2.24, 2.45) is 0 Å². The van der Waals surface area contributed by atoms with E-state index in [2.05, 4.69) is 10.3 Å². The van der Waals surface area contributed by atoms with Gasteiger partial charge in [-0.15, -0.1) is 0 Å². The van der Waals surface area contributed by atoms with Crippen molar-refractivity contribution in [1.82, 2.24) is 9.97 Å². The summed E-state index contributed by atoms with van der Waals surface area (Å²) in [6, 6.07) is 13.1. The van der Waals surface area contributed by atoms with Crippen LogP contribution in [0.3, 0.4) is 0 Å². The van der Waals surface area contributed by atoms with Crippen LogP contribution in [0.2, 0.25) is 5.15 Å². The van der Waals surface area contributed by atoms with E-state index in [0.29, 0.717) is 29.2 Å². The van der Waals surface area contributed by atoms with E-state index in [0.717, 1.165) is 11.1 Å². The van der Waals surface area contributed by atoms with E-state index in [4.69, 9.17) is 26.1 Å². The Balaban J connectivity index is 1.54. The number of aromatic carboxylic acids is 1. The first kappa shape index (κ1) is 28.8. The molecule has 1 aromatic carbocycles. The summed E-state index contributed by atoms with van der Waals surface area (Å²) in [5.41, 5.74) is 2.33. The average molecular weight is 567 g/mol. The highest BCUT2D eigenvalue weighted by Gasteiger charge is 2.35. The molecule has 1 aliphatic rings. The number of benzene rings is 1. The van der Waals surface area contributed by atoms with Crippen LogP contribution in [0.25, 0.3) is 0 Å². The Kier molecular flexibility index (Phi) is 8.29. The maximum absolute atomic E-state index is 12.8. The lowest BCUT2D eigenvalue weighted by Crippen LogP contribution is -2.36. The molecule has 0 unspecified atom stereocenters. The number of rotatable bonds is 8. The Morgan fingerprint density at radius 3 is 2.52 bits per heavy atom. The van der Waals surface area contributed by atoms with Crippen LogP contribution in [0.15, 0.2) is 48.5 Å². The number of carboxylic acid groups (broad SMARTS) is 1. The molecule has 0 saturated carbocycles. The highest BCUT2D eigenvalue weighted by atomic mass is 35.5. The van der Waals surface area contributed by atoms with E-state index in [1.807, 2.05) is 52.8 Å². The van der Waals surface area contributed by atoms with Gasteiger partial charge in [0.05, 0.1) is 29.0 Å². The molecule has 0 spiro atoms. The molecule has 2 N–H and O–H groups in total. The summed E-state index contributed by atoms with van der Waals surface area (Å²) < 4.78 is 10.8. The molecule has 0 bridgehead atoms. The largest absolute Gasteiger partial charge is 0.476 e. The molecule has 1 fully saturated rings. The lowest BCUT2D eigenvalue weighted by molar-refractivity contribution is 0.00692. The predicted octanol–water partition coefficient (Wildman–Crippen LogP) is 5.83. The normalized spacial score (nSPS) is 15.9. The van der Waals surface area contributed by atoms with Crippen molar-refractivity contribution in [3.63, 3.8) is 0 Å². The molecule has 2 aromatic heterocycles. The maximum Gasteiger partial charge on any atom is 0.415 e. The smallest absolute Gasteiger partial charge is 0.415 e. The van der Waals surface area contributed by atoms with Crippen molar-refractivity contribution < 1.29 is 29.0 Å². The van der Waals surface area contributed by atoms with E-state index in [9.17, 15) is 19.5 Å². The minimum Gasteiger partial charge on any atom is -0.476 e. The van der Waals surface area contributed by atoms with Gasteiger partial charge in [0.15, 0.2) is 5.69 Å². The standard InChI is InChI=1S/C29H31ClN4O6/c1-16-12-22(17(2)31-21-10-11-23(30)33-25(21)26(35)36)32-24(13-16)34-20(15-39-28(34)38)14-18-6-8-19(9-7-18)27(37)40-29(3,4)5/h6-13,17,20,31H,14-15H2,1-5H3,(H,35,36)/t17-,20+/m1/s1. The number of anilines is 2. The van der Waals surface area contributed by atoms with Crippen LogP contribution in [0.5, 0.6) is 0 Å². The highest BCUT2D eigenvalue weighted by molar-refractivity contribution is 6.29. The van der Waals surface area contributed by atoms with Gasteiger partial charge in [0.1, 0.15) is 23.2 Å². The SMILES string of the molecule is Cc1cc([C@@H](C)Nc2ccc(Cl)nc2C(=O)O)nc(N2C(=O)OC[C@@H]2Cc2ccc(C(=O)OC(C)(C)C)cc2)c1. The van der Waals surface area contributed by atoms with Gasteiger partial charge in [0.2, 0.25) is 0 Å². The van der Waals surface area contributed by atoms with Gasteiger partial charge in [-0.25, -0.2) is 24.4 Å². The van der Waals surface area contributed by atoms with Crippen LogP contribution in [0, 0.1) is 6.92 Å². The number of hydrogen-bond acceptors (Lipinski definition) is 8. The molecule has 210 valence electrons. The van der Waals surface area contributed by atoms with Gasteiger partial charge in [-0.1, -0.05) is 23.7 Å². The monoisotopic (exact) mass is 566 g/mol. The summed E-state index contributed by atoms with van der Waals surface area (Å²) in [5.74, 6) is -1.18. The lowest BCUT2D eigenvalue weighted by atomic mass is 10.0. The first-order valence-electron chi connectivity index (χ1n) is 12.7. The molecular weight excluding hydrogens is 536 g/mol. The summed E-state index contributed by atoms with van der Waals surface area (Å²) >= 11 is 5.87. The Hall–Kier alpha value is -4.18. The first-order chi connectivity index (χ1) is 18.8.